The number of hydrogen-bond donors (Lipinski definition) is 1. The Hall–Kier alpha value is -0.0200. The Labute approximate surface area is 113 Å². The number of fused-ring (bicyclic) bond motifs is 2. The molecule has 2 aliphatic heterocycles. The molecule has 0 unspecified atom stereocenters. The first kappa shape index (κ1) is 14.0. The van der Waals surface area contributed by atoms with E-state index in [1.807, 2.05) is 12.3 Å². The monoisotopic (exact) mass is 280 g/mol. The summed E-state index contributed by atoms with van der Waals surface area (Å²) in [6.45, 7) is 0. The Morgan fingerprint density at radius 1 is 1.25 bits per heavy atom. The number of hydrogen-bond acceptors (Lipinski definition) is 2. The molecule has 1 aromatic rings. The molecule has 0 radical (unpaired) electrons. The van der Waals surface area contributed by atoms with Gasteiger partial charge in [0.05, 0.1) is 0 Å². The van der Waals surface area contributed by atoms with E-state index in [0.29, 0.717) is 17.1 Å². The van der Waals surface area contributed by atoms with Crippen molar-refractivity contribution in [2.45, 2.75) is 37.3 Å². The van der Waals surface area contributed by atoms with Crippen molar-refractivity contribution in [3.63, 3.8) is 0 Å². The summed E-state index contributed by atoms with van der Waals surface area (Å²) in [6, 6.07) is 5.44. The third-order valence-corrected chi connectivity index (χ3v) is 3.70. The SMILES string of the molecule is Cl.Cl.Clc1ccc([C@@H]2C[C@H]3CC[C@@H]2N3)cn1. The van der Waals surface area contributed by atoms with E-state index in [9.17, 15) is 0 Å². The zero-order chi connectivity index (χ0) is 9.54. The van der Waals surface area contributed by atoms with Gasteiger partial charge >= 0.3 is 0 Å². The highest BCUT2D eigenvalue weighted by Crippen LogP contribution is 2.39. The third kappa shape index (κ3) is 2.45. The average Bonchev–Trinajstić information content (AvgIpc) is 2.80. The van der Waals surface area contributed by atoms with Crippen LogP contribution in [0.2, 0.25) is 5.15 Å². The highest BCUT2D eigenvalue weighted by Gasteiger charge is 2.39. The molecule has 2 aliphatic rings. The molecule has 3 rings (SSSR count). The smallest absolute Gasteiger partial charge is 0.129 e. The first-order valence-corrected chi connectivity index (χ1v) is 5.58. The third-order valence-electron chi connectivity index (χ3n) is 3.48. The Kier molecular flexibility index (Phi) is 4.87. The highest BCUT2D eigenvalue weighted by atomic mass is 35.5. The molecular formula is C11H15Cl3N2. The van der Waals surface area contributed by atoms with Crippen molar-refractivity contribution in [2.75, 3.05) is 0 Å². The maximum atomic E-state index is 5.77. The molecule has 2 fully saturated rings. The second-order valence-electron chi connectivity index (χ2n) is 4.30. The van der Waals surface area contributed by atoms with Gasteiger partial charge < -0.3 is 5.32 Å². The average molecular weight is 282 g/mol. The lowest BCUT2D eigenvalue weighted by atomic mass is 9.85. The Morgan fingerprint density at radius 2 is 2.06 bits per heavy atom. The van der Waals surface area contributed by atoms with Crippen molar-refractivity contribution in [1.82, 2.24) is 10.3 Å². The number of halogens is 3. The van der Waals surface area contributed by atoms with Crippen molar-refractivity contribution in [3.05, 3.63) is 29.0 Å². The van der Waals surface area contributed by atoms with Crippen LogP contribution in [0.15, 0.2) is 18.3 Å². The number of rotatable bonds is 1. The summed E-state index contributed by atoms with van der Waals surface area (Å²) in [7, 11) is 0. The van der Waals surface area contributed by atoms with Gasteiger partial charge in [-0.15, -0.1) is 24.8 Å². The minimum Gasteiger partial charge on any atom is -0.311 e. The first-order chi connectivity index (χ1) is 6.83. The molecule has 2 saturated heterocycles. The van der Waals surface area contributed by atoms with Crippen LogP contribution in [-0.4, -0.2) is 17.1 Å². The largest absolute Gasteiger partial charge is 0.311 e. The molecule has 3 atom stereocenters. The predicted molar refractivity (Wildman–Crippen MR) is 71.0 cm³/mol. The van der Waals surface area contributed by atoms with Crippen molar-refractivity contribution in [3.8, 4) is 0 Å². The number of pyridine rings is 1. The van der Waals surface area contributed by atoms with Gasteiger partial charge in [-0.25, -0.2) is 4.98 Å². The molecule has 5 heteroatoms. The van der Waals surface area contributed by atoms with Crippen LogP contribution in [0.1, 0.15) is 30.7 Å². The summed E-state index contributed by atoms with van der Waals surface area (Å²) < 4.78 is 0. The first-order valence-electron chi connectivity index (χ1n) is 5.20. The van der Waals surface area contributed by atoms with Gasteiger partial charge in [0, 0.05) is 24.2 Å². The van der Waals surface area contributed by atoms with Crippen LogP contribution >= 0.6 is 36.4 Å². The van der Waals surface area contributed by atoms with Crippen molar-refractivity contribution < 1.29 is 0 Å². The van der Waals surface area contributed by atoms with Gasteiger partial charge in [0.2, 0.25) is 0 Å². The standard InChI is InChI=1S/C11H13ClN2.2ClH/c12-11-4-1-7(6-13-11)9-5-8-2-3-10(9)14-8;;/h1,4,6,8-10,14H,2-3,5H2;2*1H/t8-,9+,10+;;/m1../s1. The summed E-state index contributed by atoms with van der Waals surface area (Å²) in [4.78, 5) is 4.14. The fourth-order valence-corrected chi connectivity index (χ4v) is 2.91. The van der Waals surface area contributed by atoms with E-state index in [2.05, 4.69) is 16.4 Å². The lowest BCUT2D eigenvalue weighted by molar-refractivity contribution is 0.505. The molecule has 1 aromatic heterocycles. The molecule has 0 amide bonds. The van der Waals surface area contributed by atoms with Gasteiger partial charge in [0.15, 0.2) is 0 Å². The summed E-state index contributed by atoms with van der Waals surface area (Å²) >= 11 is 5.77. The van der Waals surface area contributed by atoms with E-state index in [1.54, 1.807) is 0 Å². The Balaban J connectivity index is 0.000000640. The van der Waals surface area contributed by atoms with E-state index in [1.165, 1.54) is 24.8 Å². The topological polar surface area (TPSA) is 24.9 Å². The molecular weight excluding hydrogens is 266 g/mol. The van der Waals surface area contributed by atoms with Crippen molar-refractivity contribution in [1.29, 1.82) is 0 Å². The van der Waals surface area contributed by atoms with Crippen molar-refractivity contribution >= 4 is 36.4 Å². The van der Waals surface area contributed by atoms with Crippen LogP contribution in [-0.2, 0) is 0 Å². The van der Waals surface area contributed by atoms with Gasteiger partial charge in [0.1, 0.15) is 5.15 Å². The number of nitrogens with zero attached hydrogens (tertiary/aromatic N) is 1. The molecule has 0 saturated carbocycles. The van der Waals surface area contributed by atoms with E-state index in [0.717, 1.165) is 6.04 Å². The predicted octanol–water partition coefficient (Wildman–Crippen LogP) is 3.19. The van der Waals surface area contributed by atoms with Gasteiger partial charge in [0.25, 0.3) is 0 Å². The van der Waals surface area contributed by atoms with Crippen LogP contribution in [0.5, 0.6) is 0 Å². The number of aromatic nitrogens is 1. The fourth-order valence-electron chi connectivity index (χ4n) is 2.80. The molecule has 16 heavy (non-hydrogen) atoms. The number of nitrogens with one attached hydrogen (secondary N) is 1. The van der Waals surface area contributed by atoms with E-state index in [4.69, 9.17) is 11.6 Å². The molecule has 90 valence electrons. The molecule has 0 aromatic carbocycles. The lowest BCUT2D eigenvalue weighted by Gasteiger charge is -2.19. The van der Waals surface area contributed by atoms with Gasteiger partial charge in [-0.2, -0.15) is 0 Å². The summed E-state index contributed by atoms with van der Waals surface area (Å²) in [5.41, 5.74) is 1.34. The minimum absolute atomic E-state index is 0. The van der Waals surface area contributed by atoms with Crippen LogP contribution in [0.25, 0.3) is 0 Å². The van der Waals surface area contributed by atoms with E-state index < -0.39 is 0 Å². The Bertz CT molecular complexity index is 342. The summed E-state index contributed by atoms with van der Waals surface area (Å²) in [5.74, 6) is 0.665. The van der Waals surface area contributed by atoms with Gasteiger partial charge in [-0.1, -0.05) is 17.7 Å². The summed E-state index contributed by atoms with van der Waals surface area (Å²) in [6.07, 6.45) is 5.86. The minimum atomic E-state index is 0. The van der Waals surface area contributed by atoms with Crippen LogP contribution in [0.3, 0.4) is 0 Å². The van der Waals surface area contributed by atoms with Crippen LogP contribution in [0.4, 0.5) is 0 Å². The molecule has 0 spiro atoms. The van der Waals surface area contributed by atoms with Gasteiger partial charge in [-0.05, 0) is 30.9 Å². The molecule has 3 heterocycles. The van der Waals surface area contributed by atoms with Crippen LogP contribution in [0, 0.1) is 0 Å². The zero-order valence-corrected chi connectivity index (χ0v) is 11.1. The highest BCUT2D eigenvalue weighted by molar-refractivity contribution is 6.29. The molecule has 2 bridgehead atoms. The summed E-state index contributed by atoms with van der Waals surface area (Å²) in [5, 5.41) is 4.22. The second kappa shape index (κ2) is 5.54. The van der Waals surface area contributed by atoms with E-state index >= 15 is 0 Å². The fraction of sp³-hybridized carbons (Fsp3) is 0.545. The van der Waals surface area contributed by atoms with Crippen LogP contribution < -0.4 is 5.32 Å². The van der Waals surface area contributed by atoms with E-state index in [-0.39, 0.29) is 24.8 Å². The normalized spacial score (nSPS) is 30.7. The molecule has 1 N–H and O–H groups in total. The quantitative estimate of drug-likeness (QED) is 0.800. The van der Waals surface area contributed by atoms with Gasteiger partial charge in [-0.3, -0.25) is 0 Å². The van der Waals surface area contributed by atoms with Crippen molar-refractivity contribution in [2.24, 2.45) is 0 Å². The molecule has 2 nitrogen and oxygen atoms in total. The molecule has 0 aliphatic carbocycles. The Morgan fingerprint density at radius 3 is 2.56 bits per heavy atom. The maximum Gasteiger partial charge on any atom is 0.129 e. The maximum absolute atomic E-state index is 5.77. The second-order valence-corrected chi connectivity index (χ2v) is 4.69. The lowest BCUT2D eigenvalue weighted by Crippen LogP contribution is -2.21. The zero-order valence-electron chi connectivity index (χ0n) is 8.73.